The largest absolute Gasteiger partial charge is 0.368 e. The Morgan fingerprint density at radius 1 is 1.00 bits per heavy atom. The molecule has 1 fully saturated rings. The van der Waals surface area contributed by atoms with E-state index in [0.717, 1.165) is 35.6 Å². The molecule has 1 aromatic heterocycles. The first kappa shape index (κ1) is 18.6. The summed E-state index contributed by atoms with van der Waals surface area (Å²) < 4.78 is 0. The van der Waals surface area contributed by atoms with Crippen molar-refractivity contribution in [3.8, 4) is 0 Å². The Hall–Kier alpha value is -2.79. The molecule has 1 amide bonds. The Bertz CT molecular complexity index is 1060. The van der Waals surface area contributed by atoms with Gasteiger partial charge < -0.3 is 14.8 Å². The molecule has 1 N–H and O–H groups in total. The van der Waals surface area contributed by atoms with Crippen LogP contribution >= 0.6 is 11.6 Å². The van der Waals surface area contributed by atoms with Crippen LogP contribution in [0.2, 0.25) is 5.02 Å². The van der Waals surface area contributed by atoms with E-state index in [1.54, 1.807) is 6.07 Å². The number of nitrogens with zero attached hydrogens (tertiary/aromatic N) is 2. The number of para-hydroxylation sites is 1. The molecule has 0 radical (unpaired) electrons. The molecule has 0 unspecified atom stereocenters. The fourth-order valence-electron chi connectivity index (χ4n) is 3.75. The number of halogens is 1. The van der Waals surface area contributed by atoms with Crippen molar-refractivity contribution in [2.75, 3.05) is 31.1 Å². The second-order valence-electron chi connectivity index (χ2n) is 7.06. The molecule has 2 aromatic carbocycles. The average Bonchev–Trinajstić information content (AvgIpc) is 2.95. The van der Waals surface area contributed by atoms with Gasteiger partial charge in [0, 0.05) is 37.3 Å². The summed E-state index contributed by atoms with van der Waals surface area (Å²) in [6.07, 6.45) is 1.08. The van der Waals surface area contributed by atoms with Crippen LogP contribution in [-0.4, -0.2) is 42.0 Å². The lowest BCUT2D eigenvalue weighted by Crippen LogP contribution is -2.36. The third-order valence-corrected chi connectivity index (χ3v) is 5.51. The van der Waals surface area contributed by atoms with Crippen molar-refractivity contribution in [1.29, 1.82) is 0 Å². The van der Waals surface area contributed by atoms with Gasteiger partial charge in [-0.2, -0.15) is 0 Å². The minimum atomic E-state index is -0.151. The third kappa shape index (κ3) is 3.90. The molecule has 0 bridgehead atoms. The maximum Gasteiger partial charge on any atom is 0.256 e. The molecule has 2 heterocycles. The zero-order valence-corrected chi connectivity index (χ0v) is 16.3. The fourth-order valence-corrected chi connectivity index (χ4v) is 4.01. The van der Waals surface area contributed by atoms with Gasteiger partial charge in [-0.3, -0.25) is 9.59 Å². The van der Waals surface area contributed by atoms with Gasteiger partial charge in [0.15, 0.2) is 0 Å². The number of aromatic amines is 1. The predicted octanol–water partition coefficient (Wildman–Crippen LogP) is 3.46. The van der Waals surface area contributed by atoms with Crippen molar-refractivity contribution in [2.24, 2.45) is 0 Å². The second-order valence-corrected chi connectivity index (χ2v) is 7.47. The molecule has 0 saturated carbocycles. The summed E-state index contributed by atoms with van der Waals surface area (Å²) in [5.41, 5.74) is 1.51. The number of benzene rings is 2. The number of H-pyrrole nitrogens is 1. The first-order chi connectivity index (χ1) is 13.6. The maximum absolute atomic E-state index is 12.8. The van der Waals surface area contributed by atoms with E-state index >= 15 is 0 Å². The highest BCUT2D eigenvalue weighted by molar-refractivity contribution is 6.33. The van der Waals surface area contributed by atoms with E-state index in [0.29, 0.717) is 24.2 Å². The molecule has 1 aliphatic rings. The molecule has 1 aliphatic heterocycles. The van der Waals surface area contributed by atoms with E-state index in [4.69, 9.17) is 11.6 Å². The average molecular weight is 396 g/mol. The van der Waals surface area contributed by atoms with Gasteiger partial charge in [-0.05, 0) is 36.1 Å². The quantitative estimate of drug-likeness (QED) is 0.738. The van der Waals surface area contributed by atoms with Crippen LogP contribution in [0.5, 0.6) is 0 Å². The van der Waals surface area contributed by atoms with E-state index in [9.17, 15) is 9.59 Å². The monoisotopic (exact) mass is 395 g/mol. The number of pyridine rings is 1. The summed E-state index contributed by atoms with van der Waals surface area (Å²) in [7, 11) is 0. The lowest BCUT2D eigenvalue weighted by molar-refractivity contribution is -0.130. The summed E-state index contributed by atoms with van der Waals surface area (Å²) in [5.74, 6) is 0.0342. The van der Waals surface area contributed by atoms with Crippen molar-refractivity contribution < 1.29 is 4.79 Å². The zero-order chi connectivity index (χ0) is 19.5. The molecule has 4 rings (SSSR count). The molecule has 6 heteroatoms. The number of carbonyl (C=O) groups excluding carboxylic acids is 1. The van der Waals surface area contributed by atoms with Gasteiger partial charge in [-0.15, -0.1) is 0 Å². The number of carbonyl (C=O) groups is 1. The molecule has 3 aromatic rings. The van der Waals surface area contributed by atoms with E-state index < -0.39 is 0 Å². The smallest absolute Gasteiger partial charge is 0.256 e. The van der Waals surface area contributed by atoms with E-state index in [1.807, 2.05) is 53.4 Å². The summed E-state index contributed by atoms with van der Waals surface area (Å²) >= 11 is 6.32. The molecule has 0 atom stereocenters. The van der Waals surface area contributed by atoms with Crippen LogP contribution in [0.25, 0.3) is 10.8 Å². The SMILES string of the molecule is O=C(Cc1cc2ccccc2c(=O)[nH]1)N1CCCN(c2ccccc2Cl)CC1. The number of hydrogen-bond donors (Lipinski definition) is 1. The summed E-state index contributed by atoms with van der Waals surface area (Å²) in [5, 5.41) is 2.23. The summed E-state index contributed by atoms with van der Waals surface area (Å²) in [6, 6.07) is 17.1. The molecular weight excluding hydrogens is 374 g/mol. The number of fused-ring (bicyclic) bond motifs is 1. The minimum Gasteiger partial charge on any atom is -0.368 e. The third-order valence-electron chi connectivity index (χ3n) is 5.19. The Morgan fingerprint density at radius 3 is 2.64 bits per heavy atom. The van der Waals surface area contributed by atoms with Crippen LogP contribution in [0.15, 0.2) is 59.4 Å². The number of aromatic nitrogens is 1. The molecule has 1 saturated heterocycles. The topological polar surface area (TPSA) is 56.4 Å². The van der Waals surface area contributed by atoms with Crippen molar-refractivity contribution >= 4 is 34.0 Å². The van der Waals surface area contributed by atoms with Crippen molar-refractivity contribution in [3.05, 3.63) is 75.7 Å². The zero-order valence-electron chi connectivity index (χ0n) is 15.5. The Labute approximate surface area is 168 Å². The molecular formula is C22H22ClN3O2. The van der Waals surface area contributed by atoms with Crippen molar-refractivity contribution in [3.63, 3.8) is 0 Å². The van der Waals surface area contributed by atoms with E-state index in [-0.39, 0.29) is 17.9 Å². The summed E-state index contributed by atoms with van der Waals surface area (Å²) in [4.78, 5) is 32.0. The van der Waals surface area contributed by atoms with Gasteiger partial charge in [0.05, 0.1) is 17.1 Å². The standard InChI is InChI=1S/C22H22ClN3O2/c23-19-8-3-4-9-20(19)25-10-5-11-26(13-12-25)21(27)15-17-14-16-6-1-2-7-18(16)22(28)24-17/h1-4,6-9,14H,5,10-13,15H2,(H,24,28). The minimum absolute atomic E-state index is 0.0342. The highest BCUT2D eigenvalue weighted by Gasteiger charge is 2.21. The number of amides is 1. The second kappa shape index (κ2) is 8.07. The van der Waals surface area contributed by atoms with Crippen LogP contribution in [0, 0.1) is 0 Å². The lowest BCUT2D eigenvalue weighted by atomic mass is 10.1. The first-order valence-corrected chi connectivity index (χ1v) is 9.88. The van der Waals surface area contributed by atoms with Crippen LogP contribution in [0.1, 0.15) is 12.1 Å². The number of rotatable bonds is 3. The highest BCUT2D eigenvalue weighted by Crippen LogP contribution is 2.26. The van der Waals surface area contributed by atoms with Crippen LogP contribution in [0.4, 0.5) is 5.69 Å². The number of hydrogen-bond acceptors (Lipinski definition) is 3. The van der Waals surface area contributed by atoms with Gasteiger partial charge in [-0.25, -0.2) is 0 Å². The number of nitrogens with one attached hydrogen (secondary N) is 1. The molecule has 28 heavy (non-hydrogen) atoms. The van der Waals surface area contributed by atoms with E-state index in [1.165, 1.54) is 0 Å². The van der Waals surface area contributed by atoms with Crippen molar-refractivity contribution in [1.82, 2.24) is 9.88 Å². The van der Waals surface area contributed by atoms with Crippen LogP contribution < -0.4 is 10.5 Å². The van der Waals surface area contributed by atoms with Gasteiger partial charge in [0.2, 0.25) is 5.91 Å². The predicted molar refractivity (Wildman–Crippen MR) is 113 cm³/mol. The normalized spacial score (nSPS) is 14.9. The number of anilines is 1. The highest BCUT2D eigenvalue weighted by atomic mass is 35.5. The van der Waals surface area contributed by atoms with Gasteiger partial charge >= 0.3 is 0 Å². The first-order valence-electron chi connectivity index (χ1n) is 9.50. The van der Waals surface area contributed by atoms with Crippen LogP contribution in [0.3, 0.4) is 0 Å². The molecule has 144 valence electrons. The van der Waals surface area contributed by atoms with Gasteiger partial charge in [0.25, 0.3) is 5.56 Å². The molecule has 5 nitrogen and oxygen atoms in total. The Balaban J connectivity index is 1.46. The molecule has 0 spiro atoms. The maximum atomic E-state index is 12.8. The Morgan fingerprint density at radius 2 is 1.79 bits per heavy atom. The van der Waals surface area contributed by atoms with Crippen LogP contribution in [-0.2, 0) is 11.2 Å². The summed E-state index contributed by atoms with van der Waals surface area (Å²) in [6.45, 7) is 2.95. The van der Waals surface area contributed by atoms with Gasteiger partial charge in [0.1, 0.15) is 0 Å². The Kier molecular flexibility index (Phi) is 5.35. The van der Waals surface area contributed by atoms with E-state index in [2.05, 4.69) is 9.88 Å². The molecule has 0 aliphatic carbocycles. The van der Waals surface area contributed by atoms with Crippen molar-refractivity contribution in [2.45, 2.75) is 12.8 Å². The van der Waals surface area contributed by atoms with Gasteiger partial charge in [-0.1, -0.05) is 41.9 Å². The lowest BCUT2D eigenvalue weighted by Gasteiger charge is -2.24. The fraction of sp³-hybridized carbons (Fsp3) is 0.273.